The fourth-order valence-electron chi connectivity index (χ4n) is 0.517. The predicted octanol–water partition coefficient (Wildman–Crippen LogP) is -2.25. The average Bonchev–Trinajstić information content (AvgIpc) is 1.88. The van der Waals surface area contributed by atoms with E-state index in [1.54, 1.807) is 0 Å². The first-order valence-electron chi connectivity index (χ1n) is 2.86. The zero-order chi connectivity index (χ0) is 7.11. The lowest BCUT2D eigenvalue weighted by Gasteiger charge is -2.16. The molecule has 4 nitrogen and oxygen atoms in total. The third-order valence-corrected chi connectivity index (χ3v) is 0.957. The van der Waals surface area contributed by atoms with Crippen LogP contribution in [0, 0.1) is 0 Å². The van der Waals surface area contributed by atoms with Gasteiger partial charge in [0.2, 0.25) is 0 Å². The molecule has 0 spiro atoms. The van der Waals surface area contributed by atoms with E-state index in [1.165, 1.54) is 13.1 Å². The SMILES string of the molecule is BON(CCO)CCO. The summed E-state index contributed by atoms with van der Waals surface area (Å²) in [4.78, 5) is 0. The molecule has 0 aromatic rings. The second-order valence-corrected chi connectivity index (χ2v) is 1.56. The molecule has 0 atom stereocenters. The quantitative estimate of drug-likeness (QED) is 0.328. The van der Waals surface area contributed by atoms with Crippen LogP contribution in [0.25, 0.3) is 0 Å². The molecule has 9 heavy (non-hydrogen) atoms. The molecule has 0 aromatic heterocycles. The molecule has 0 amide bonds. The Bertz CT molecular complexity index is 57.8. The molecule has 0 fully saturated rings. The van der Waals surface area contributed by atoms with Crippen molar-refractivity contribution >= 4 is 8.05 Å². The minimum absolute atomic E-state index is 0.0494. The Morgan fingerprint density at radius 3 is 1.89 bits per heavy atom. The summed E-state index contributed by atoms with van der Waals surface area (Å²) < 4.78 is 4.74. The van der Waals surface area contributed by atoms with Gasteiger partial charge in [-0.05, 0) is 0 Å². The van der Waals surface area contributed by atoms with Gasteiger partial charge in [-0.25, -0.2) is 5.06 Å². The van der Waals surface area contributed by atoms with Gasteiger partial charge in [0.15, 0.2) is 0 Å². The molecule has 0 radical (unpaired) electrons. The van der Waals surface area contributed by atoms with Crippen LogP contribution in [0.1, 0.15) is 0 Å². The van der Waals surface area contributed by atoms with Crippen LogP contribution in [0.5, 0.6) is 0 Å². The minimum Gasteiger partial charge on any atom is -0.395 e. The number of hydroxylamine groups is 2. The molecule has 0 aliphatic heterocycles. The topological polar surface area (TPSA) is 52.9 Å². The summed E-state index contributed by atoms with van der Waals surface area (Å²) in [5.41, 5.74) is 0. The molecule has 0 aliphatic rings. The summed E-state index contributed by atoms with van der Waals surface area (Å²) >= 11 is 0. The molecule has 54 valence electrons. The predicted molar refractivity (Wildman–Crippen MR) is 35.4 cm³/mol. The average molecular weight is 133 g/mol. The van der Waals surface area contributed by atoms with E-state index >= 15 is 0 Å². The molecule has 0 heterocycles. The van der Waals surface area contributed by atoms with Gasteiger partial charge >= 0.3 is 0 Å². The molecule has 0 aliphatic carbocycles. The first-order valence-corrected chi connectivity index (χ1v) is 2.86. The molecular weight excluding hydrogens is 121 g/mol. The fraction of sp³-hybridized carbons (Fsp3) is 1.00. The lowest BCUT2D eigenvalue weighted by molar-refractivity contribution is -0.0698. The van der Waals surface area contributed by atoms with Crippen molar-refractivity contribution in [3.05, 3.63) is 0 Å². The Labute approximate surface area is 55.4 Å². The molecule has 0 aromatic carbocycles. The normalized spacial score (nSPS) is 10.6. The Hall–Kier alpha value is -0.0951. The lowest BCUT2D eigenvalue weighted by atomic mass is 10.5. The summed E-state index contributed by atoms with van der Waals surface area (Å²) in [6, 6.07) is 0. The first-order chi connectivity index (χ1) is 4.35. The number of aliphatic hydroxyl groups excluding tert-OH is 2. The van der Waals surface area contributed by atoms with E-state index in [2.05, 4.69) is 0 Å². The van der Waals surface area contributed by atoms with E-state index < -0.39 is 0 Å². The van der Waals surface area contributed by atoms with Gasteiger partial charge in [0.05, 0.1) is 13.2 Å². The number of aliphatic hydroxyl groups is 2. The van der Waals surface area contributed by atoms with Crippen LogP contribution < -0.4 is 0 Å². The lowest BCUT2D eigenvalue weighted by Crippen LogP contribution is -2.29. The maximum atomic E-state index is 8.39. The smallest absolute Gasteiger partial charge is 0.287 e. The Morgan fingerprint density at radius 2 is 1.67 bits per heavy atom. The van der Waals surface area contributed by atoms with Gasteiger partial charge in [-0.3, -0.25) is 0 Å². The molecule has 0 bridgehead atoms. The highest BCUT2D eigenvalue weighted by Gasteiger charge is 1.97. The van der Waals surface area contributed by atoms with Gasteiger partial charge in [-0.2, -0.15) is 0 Å². The Kier molecular flexibility index (Phi) is 5.97. The number of nitrogens with zero attached hydrogens (tertiary/aromatic N) is 1. The van der Waals surface area contributed by atoms with Crippen molar-refractivity contribution in [2.45, 2.75) is 0 Å². The standard InChI is InChI=1S/C4H12BNO3/c5-9-6(1-3-7)2-4-8/h7-8H,1-5H2. The van der Waals surface area contributed by atoms with Gasteiger partial charge in [-0.1, -0.05) is 0 Å². The molecular formula is C4H12BNO3. The van der Waals surface area contributed by atoms with Crippen molar-refractivity contribution in [3.63, 3.8) is 0 Å². The van der Waals surface area contributed by atoms with E-state index in [1.807, 2.05) is 0 Å². The summed E-state index contributed by atoms with van der Waals surface area (Å²) in [5, 5.41) is 18.3. The van der Waals surface area contributed by atoms with E-state index in [-0.39, 0.29) is 13.2 Å². The van der Waals surface area contributed by atoms with E-state index in [9.17, 15) is 0 Å². The Morgan fingerprint density at radius 1 is 1.22 bits per heavy atom. The third kappa shape index (κ3) is 4.41. The van der Waals surface area contributed by atoms with E-state index in [0.717, 1.165) is 0 Å². The molecule has 0 rings (SSSR count). The van der Waals surface area contributed by atoms with Crippen molar-refractivity contribution in [1.29, 1.82) is 0 Å². The maximum absolute atomic E-state index is 8.39. The zero-order valence-corrected chi connectivity index (χ0v) is 5.58. The van der Waals surface area contributed by atoms with Crippen molar-refractivity contribution in [2.75, 3.05) is 26.3 Å². The van der Waals surface area contributed by atoms with Gasteiger partial charge in [0, 0.05) is 13.1 Å². The monoisotopic (exact) mass is 133 g/mol. The second-order valence-electron chi connectivity index (χ2n) is 1.56. The summed E-state index contributed by atoms with van der Waals surface area (Å²) in [6.07, 6.45) is 0. The summed E-state index contributed by atoms with van der Waals surface area (Å²) in [6.45, 7) is 0.982. The molecule has 0 unspecified atom stereocenters. The fourth-order valence-corrected chi connectivity index (χ4v) is 0.517. The van der Waals surface area contributed by atoms with Crippen molar-refractivity contribution in [2.24, 2.45) is 0 Å². The maximum Gasteiger partial charge on any atom is 0.287 e. The minimum atomic E-state index is 0.0494. The van der Waals surface area contributed by atoms with Crippen LogP contribution in [0.4, 0.5) is 0 Å². The summed E-state index contributed by atoms with van der Waals surface area (Å²) in [7, 11) is 1.51. The number of hydrogen-bond acceptors (Lipinski definition) is 4. The highest BCUT2D eigenvalue weighted by Crippen LogP contribution is 1.83. The van der Waals surface area contributed by atoms with Crippen molar-refractivity contribution in [1.82, 2.24) is 5.06 Å². The molecule has 0 saturated carbocycles. The van der Waals surface area contributed by atoms with Gasteiger partial charge in [0.25, 0.3) is 8.05 Å². The van der Waals surface area contributed by atoms with Crippen LogP contribution in [0.15, 0.2) is 0 Å². The van der Waals surface area contributed by atoms with E-state index in [0.29, 0.717) is 13.1 Å². The van der Waals surface area contributed by atoms with Crippen molar-refractivity contribution < 1.29 is 15.0 Å². The number of hydrogen-bond donors (Lipinski definition) is 2. The first kappa shape index (κ1) is 8.90. The highest BCUT2D eigenvalue weighted by atomic mass is 16.6. The van der Waals surface area contributed by atoms with Crippen LogP contribution in [-0.2, 0) is 4.76 Å². The molecule has 5 heteroatoms. The van der Waals surface area contributed by atoms with E-state index in [4.69, 9.17) is 15.0 Å². The molecule has 0 saturated heterocycles. The van der Waals surface area contributed by atoms with Crippen LogP contribution in [-0.4, -0.2) is 49.6 Å². The highest BCUT2D eigenvalue weighted by molar-refractivity contribution is 5.97. The van der Waals surface area contributed by atoms with Crippen LogP contribution in [0.2, 0.25) is 0 Å². The number of rotatable bonds is 5. The van der Waals surface area contributed by atoms with Crippen molar-refractivity contribution in [3.8, 4) is 0 Å². The zero-order valence-electron chi connectivity index (χ0n) is 5.58. The van der Waals surface area contributed by atoms with Gasteiger partial charge in [-0.15, -0.1) is 0 Å². The van der Waals surface area contributed by atoms with Crippen LogP contribution >= 0.6 is 0 Å². The largest absolute Gasteiger partial charge is 0.395 e. The van der Waals surface area contributed by atoms with Crippen LogP contribution in [0.3, 0.4) is 0 Å². The third-order valence-electron chi connectivity index (χ3n) is 0.957. The van der Waals surface area contributed by atoms with Gasteiger partial charge in [0.1, 0.15) is 0 Å². The molecule has 2 N–H and O–H groups in total. The van der Waals surface area contributed by atoms with Gasteiger partial charge < -0.3 is 15.0 Å². The summed E-state index contributed by atoms with van der Waals surface area (Å²) in [5.74, 6) is 0. The second kappa shape index (κ2) is 6.03. The Balaban J connectivity index is 3.18.